The van der Waals surface area contributed by atoms with Crippen LogP contribution in [-0.4, -0.2) is 0 Å². The molecule has 0 aromatic heterocycles. The Kier molecular flexibility index (Phi) is 0.983. The van der Waals surface area contributed by atoms with Gasteiger partial charge < -0.3 is 21.3 Å². The molecule has 0 saturated heterocycles. The molecule has 2 aliphatic rings. The minimum atomic E-state index is 1.03. The lowest BCUT2D eigenvalue weighted by Crippen LogP contribution is -1.91. The second kappa shape index (κ2) is 1.97. The lowest BCUT2D eigenvalue weighted by molar-refractivity contribution is 1.49. The van der Waals surface area contributed by atoms with E-state index in [0.717, 1.165) is 22.7 Å². The van der Waals surface area contributed by atoms with E-state index in [-0.39, 0.29) is 0 Å². The molecule has 1 aromatic rings. The van der Waals surface area contributed by atoms with E-state index in [2.05, 4.69) is 34.6 Å². The van der Waals surface area contributed by atoms with Crippen molar-refractivity contribution < 1.29 is 0 Å². The van der Waals surface area contributed by atoms with Gasteiger partial charge in [0, 0.05) is 0 Å². The van der Waals surface area contributed by atoms with Gasteiger partial charge in [0.25, 0.3) is 0 Å². The lowest BCUT2D eigenvalue weighted by Gasteiger charge is -2.02. The first-order valence-electron chi connectivity index (χ1n) is 3.65. The second-order valence-electron chi connectivity index (χ2n) is 2.69. The Bertz CT molecular complexity index is 274. The number of hydrogen-bond donors (Lipinski definition) is 4. The van der Waals surface area contributed by atoms with Gasteiger partial charge in [0.05, 0.1) is 22.7 Å². The summed E-state index contributed by atoms with van der Waals surface area (Å²) >= 11 is 0. The van der Waals surface area contributed by atoms with Gasteiger partial charge in [-0.1, -0.05) is 0 Å². The topological polar surface area (TPSA) is 48.1 Å². The molecule has 0 amide bonds. The van der Waals surface area contributed by atoms with Crippen molar-refractivity contribution in [3.63, 3.8) is 0 Å². The van der Waals surface area contributed by atoms with E-state index in [9.17, 15) is 0 Å². The summed E-state index contributed by atoms with van der Waals surface area (Å²) in [5.74, 6) is 0. The highest BCUT2D eigenvalue weighted by atomic mass is 15.2. The van der Waals surface area contributed by atoms with Gasteiger partial charge in [-0.25, -0.2) is 0 Å². The first-order chi connectivity index (χ1) is 5.93. The van der Waals surface area contributed by atoms with Crippen LogP contribution >= 0.6 is 0 Å². The third-order valence-corrected chi connectivity index (χ3v) is 1.95. The Labute approximate surface area is 70.3 Å². The largest absolute Gasteiger partial charge is 0.354 e. The zero-order valence-corrected chi connectivity index (χ0v) is 6.15. The van der Waals surface area contributed by atoms with Crippen LogP contribution in [-0.2, 0) is 0 Å². The number of hydrogen-bond acceptors (Lipinski definition) is 4. The lowest BCUT2D eigenvalue weighted by atomic mass is 10.2. The van der Waals surface area contributed by atoms with Crippen molar-refractivity contribution in [1.29, 1.82) is 0 Å². The predicted octanol–water partition coefficient (Wildman–Crippen LogP) is 1.35. The normalized spacial score (nSPS) is 16.7. The highest BCUT2D eigenvalue weighted by molar-refractivity contribution is 5.89. The molecule has 0 spiro atoms. The summed E-state index contributed by atoms with van der Waals surface area (Å²) in [5.41, 5.74) is 4.14. The molecular formula is C8H6N4. The maximum atomic E-state index is 2.97. The highest BCUT2D eigenvalue weighted by Crippen LogP contribution is 2.38. The zero-order valence-electron chi connectivity index (χ0n) is 6.15. The molecule has 2 aliphatic heterocycles. The SMILES string of the molecule is [C]1Nc2cc3c(cc2N1)N[C]N3. The van der Waals surface area contributed by atoms with E-state index in [1.54, 1.807) is 0 Å². The predicted molar refractivity (Wildman–Crippen MR) is 47.4 cm³/mol. The van der Waals surface area contributed by atoms with E-state index < -0.39 is 0 Å². The van der Waals surface area contributed by atoms with Crippen molar-refractivity contribution in [3.8, 4) is 0 Å². The first kappa shape index (κ1) is 5.99. The fourth-order valence-corrected chi connectivity index (χ4v) is 1.35. The van der Waals surface area contributed by atoms with E-state index in [0.29, 0.717) is 0 Å². The fraction of sp³-hybridized carbons (Fsp3) is 0. The van der Waals surface area contributed by atoms with Gasteiger partial charge >= 0.3 is 0 Å². The van der Waals surface area contributed by atoms with Crippen molar-refractivity contribution in [2.24, 2.45) is 0 Å². The average Bonchev–Trinajstić information content (AvgIpc) is 2.64. The molecule has 0 aliphatic carbocycles. The number of anilines is 4. The Morgan fingerprint density at radius 2 is 1.00 bits per heavy atom. The molecule has 58 valence electrons. The number of rotatable bonds is 0. The zero-order chi connectivity index (χ0) is 7.97. The minimum absolute atomic E-state index is 1.03. The highest BCUT2D eigenvalue weighted by Gasteiger charge is 2.17. The molecule has 4 nitrogen and oxygen atoms in total. The summed E-state index contributed by atoms with van der Waals surface area (Å²) in [4.78, 5) is 0. The Morgan fingerprint density at radius 3 is 1.33 bits per heavy atom. The Hall–Kier alpha value is -1.58. The fourth-order valence-electron chi connectivity index (χ4n) is 1.35. The smallest absolute Gasteiger partial charge is 0.203 e. The van der Waals surface area contributed by atoms with Gasteiger partial charge in [-0.15, -0.1) is 0 Å². The number of nitrogens with one attached hydrogen (secondary N) is 4. The summed E-state index contributed by atoms with van der Waals surface area (Å²) in [5, 5.41) is 11.9. The van der Waals surface area contributed by atoms with Crippen molar-refractivity contribution in [2.75, 3.05) is 21.3 Å². The van der Waals surface area contributed by atoms with Crippen LogP contribution in [0.25, 0.3) is 0 Å². The third-order valence-electron chi connectivity index (χ3n) is 1.95. The van der Waals surface area contributed by atoms with Crippen LogP contribution in [0.1, 0.15) is 0 Å². The standard InChI is InChI=1S/C8H6N4/c1-5-7(11-3-9-5)2-8-6(1)10-4-12-8/h1-2,9-12H. The van der Waals surface area contributed by atoms with Crippen LogP contribution in [0.5, 0.6) is 0 Å². The van der Waals surface area contributed by atoms with Crippen LogP contribution < -0.4 is 21.3 Å². The summed E-state index contributed by atoms with van der Waals surface area (Å²) in [6.45, 7) is 5.63. The van der Waals surface area contributed by atoms with Crippen molar-refractivity contribution in [1.82, 2.24) is 0 Å². The quantitative estimate of drug-likeness (QED) is 0.460. The van der Waals surface area contributed by atoms with Gasteiger partial charge in [0.2, 0.25) is 13.3 Å². The van der Waals surface area contributed by atoms with Crippen molar-refractivity contribution >= 4 is 22.7 Å². The van der Waals surface area contributed by atoms with Crippen molar-refractivity contribution in [3.05, 3.63) is 25.5 Å². The number of benzene rings is 1. The maximum absolute atomic E-state index is 2.97. The van der Waals surface area contributed by atoms with Crippen LogP contribution in [0.15, 0.2) is 12.1 Å². The molecule has 0 fully saturated rings. The summed E-state index contributed by atoms with van der Waals surface area (Å²) in [6, 6.07) is 4.01. The molecule has 4 heteroatoms. The molecule has 2 heterocycles. The molecule has 0 unspecified atom stereocenters. The van der Waals surface area contributed by atoms with E-state index in [1.165, 1.54) is 0 Å². The van der Waals surface area contributed by atoms with Gasteiger partial charge in [-0.3, -0.25) is 0 Å². The minimum Gasteiger partial charge on any atom is -0.354 e. The van der Waals surface area contributed by atoms with Gasteiger partial charge in [-0.05, 0) is 12.1 Å². The molecule has 4 radical (unpaired) electrons. The van der Waals surface area contributed by atoms with E-state index in [1.807, 2.05) is 12.1 Å². The Balaban J connectivity index is 2.18. The Morgan fingerprint density at radius 1 is 0.667 bits per heavy atom. The maximum Gasteiger partial charge on any atom is 0.203 e. The van der Waals surface area contributed by atoms with Gasteiger partial charge in [-0.2, -0.15) is 0 Å². The van der Waals surface area contributed by atoms with Gasteiger partial charge in [0.1, 0.15) is 0 Å². The molecule has 3 rings (SSSR count). The van der Waals surface area contributed by atoms with Crippen LogP contribution in [0.3, 0.4) is 0 Å². The molecule has 1 aromatic carbocycles. The number of fused-ring (bicyclic) bond motifs is 2. The molecule has 4 N–H and O–H groups in total. The third kappa shape index (κ3) is 0.664. The van der Waals surface area contributed by atoms with Gasteiger partial charge in [0.15, 0.2) is 0 Å². The van der Waals surface area contributed by atoms with E-state index >= 15 is 0 Å². The average molecular weight is 158 g/mol. The molecular weight excluding hydrogens is 152 g/mol. The van der Waals surface area contributed by atoms with Crippen LogP contribution in [0, 0.1) is 13.3 Å². The van der Waals surface area contributed by atoms with E-state index in [4.69, 9.17) is 0 Å². The summed E-state index contributed by atoms with van der Waals surface area (Å²) in [6.07, 6.45) is 0. The monoisotopic (exact) mass is 158 g/mol. The van der Waals surface area contributed by atoms with Crippen LogP contribution in [0.4, 0.5) is 22.7 Å². The first-order valence-corrected chi connectivity index (χ1v) is 3.65. The molecule has 0 bridgehead atoms. The molecule has 0 saturated carbocycles. The van der Waals surface area contributed by atoms with Crippen LogP contribution in [0.2, 0.25) is 0 Å². The molecule has 12 heavy (non-hydrogen) atoms. The van der Waals surface area contributed by atoms with Crippen molar-refractivity contribution in [2.45, 2.75) is 0 Å². The second-order valence-corrected chi connectivity index (χ2v) is 2.69. The summed E-state index contributed by atoms with van der Waals surface area (Å²) < 4.78 is 0. The summed E-state index contributed by atoms with van der Waals surface area (Å²) in [7, 11) is 0. The molecule has 0 atom stereocenters.